The first-order valence-electron chi connectivity index (χ1n) is 6.30. The third kappa shape index (κ3) is 2.95. The molecule has 21 heavy (non-hydrogen) atoms. The second-order valence-corrected chi connectivity index (χ2v) is 5.26. The summed E-state index contributed by atoms with van der Waals surface area (Å²) >= 11 is 1.56. The molecule has 0 fully saturated rings. The first-order chi connectivity index (χ1) is 10.3. The molecule has 1 aromatic carbocycles. The van der Waals surface area contributed by atoms with E-state index in [1.807, 2.05) is 6.26 Å². The molecule has 0 unspecified atom stereocenters. The fourth-order valence-electron chi connectivity index (χ4n) is 1.93. The Hall–Kier alpha value is -2.21. The van der Waals surface area contributed by atoms with Crippen LogP contribution in [0.2, 0.25) is 0 Å². The zero-order valence-corrected chi connectivity index (χ0v) is 12.1. The van der Waals surface area contributed by atoms with Crippen LogP contribution in [0.5, 0.6) is 0 Å². The van der Waals surface area contributed by atoms with Gasteiger partial charge in [0, 0.05) is 29.3 Å². The van der Waals surface area contributed by atoms with Crippen LogP contribution in [0.15, 0.2) is 47.2 Å². The molecule has 0 spiro atoms. The lowest BCUT2D eigenvalue weighted by Gasteiger charge is -2.02. The Morgan fingerprint density at radius 1 is 1.14 bits per heavy atom. The Balaban J connectivity index is 1.95. The van der Waals surface area contributed by atoms with Gasteiger partial charge in [-0.05, 0) is 42.2 Å². The van der Waals surface area contributed by atoms with E-state index >= 15 is 0 Å². The Kier molecular flexibility index (Phi) is 3.96. The van der Waals surface area contributed by atoms with Gasteiger partial charge >= 0.3 is 0 Å². The highest BCUT2D eigenvalue weighted by Gasteiger charge is 2.12. The lowest BCUT2D eigenvalue weighted by molar-refractivity contribution is 0.432. The normalized spacial score (nSPS) is 10.8. The van der Waals surface area contributed by atoms with E-state index in [-0.39, 0.29) is 5.82 Å². The van der Waals surface area contributed by atoms with Gasteiger partial charge in [0.15, 0.2) is 0 Å². The Morgan fingerprint density at radius 2 is 1.95 bits per heavy atom. The van der Waals surface area contributed by atoms with Crippen molar-refractivity contribution in [3.8, 4) is 22.8 Å². The molecule has 3 rings (SSSR count). The number of halogens is 1. The summed E-state index contributed by atoms with van der Waals surface area (Å²) in [5.41, 5.74) is 2.17. The molecule has 2 aromatic heterocycles. The van der Waals surface area contributed by atoms with E-state index in [1.54, 1.807) is 48.4 Å². The smallest absolute Gasteiger partial charge is 0.258 e. The largest absolute Gasteiger partial charge is 0.334 e. The van der Waals surface area contributed by atoms with E-state index in [0.717, 1.165) is 5.56 Å². The monoisotopic (exact) mass is 301 g/mol. The molecule has 106 valence electrons. The van der Waals surface area contributed by atoms with Gasteiger partial charge < -0.3 is 4.52 Å². The molecule has 0 saturated carbocycles. The van der Waals surface area contributed by atoms with Gasteiger partial charge in [0.1, 0.15) is 5.82 Å². The summed E-state index contributed by atoms with van der Waals surface area (Å²) in [5, 5.41) is 3.95. The molecule has 2 heterocycles. The van der Waals surface area contributed by atoms with Crippen LogP contribution in [0.3, 0.4) is 0 Å². The summed E-state index contributed by atoms with van der Waals surface area (Å²) < 4.78 is 18.9. The van der Waals surface area contributed by atoms with Gasteiger partial charge in [-0.2, -0.15) is 16.7 Å². The zero-order valence-electron chi connectivity index (χ0n) is 11.3. The van der Waals surface area contributed by atoms with E-state index in [2.05, 4.69) is 15.1 Å². The van der Waals surface area contributed by atoms with Crippen molar-refractivity contribution in [1.82, 2.24) is 15.1 Å². The van der Waals surface area contributed by atoms with Crippen LogP contribution in [0.4, 0.5) is 4.39 Å². The molecule has 0 radical (unpaired) electrons. The molecule has 6 heteroatoms. The Bertz CT molecular complexity index is 746. The predicted octanol–water partition coefficient (Wildman–Crippen LogP) is 3.80. The molecule has 0 bridgehead atoms. The van der Waals surface area contributed by atoms with E-state index in [4.69, 9.17) is 4.52 Å². The molecule has 0 saturated heterocycles. The molecule has 0 aliphatic rings. The summed E-state index contributed by atoms with van der Waals surface area (Å²) in [6, 6.07) is 8.42. The quantitative estimate of drug-likeness (QED) is 0.733. The molecule has 0 aliphatic carbocycles. The molecular formula is C15H12FN3OS. The van der Waals surface area contributed by atoms with Crippen LogP contribution in [0, 0.1) is 5.82 Å². The van der Waals surface area contributed by atoms with Crippen molar-refractivity contribution in [2.45, 2.75) is 5.75 Å². The van der Waals surface area contributed by atoms with Gasteiger partial charge in [-0.15, -0.1) is 0 Å². The Morgan fingerprint density at radius 3 is 2.71 bits per heavy atom. The van der Waals surface area contributed by atoms with E-state index in [0.29, 0.717) is 28.6 Å². The SMILES string of the molecule is CSCc1cc(-c2nc(-c3ccncc3)no2)ccc1F. The van der Waals surface area contributed by atoms with Gasteiger partial charge in [-0.3, -0.25) is 4.98 Å². The van der Waals surface area contributed by atoms with Gasteiger partial charge in [0.05, 0.1) is 0 Å². The number of aromatic nitrogens is 3. The first-order valence-corrected chi connectivity index (χ1v) is 7.69. The maximum absolute atomic E-state index is 13.7. The number of nitrogens with zero attached hydrogens (tertiary/aromatic N) is 3. The van der Waals surface area contributed by atoms with Crippen molar-refractivity contribution in [1.29, 1.82) is 0 Å². The minimum atomic E-state index is -0.220. The number of hydrogen-bond acceptors (Lipinski definition) is 5. The highest BCUT2D eigenvalue weighted by atomic mass is 32.2. The van der Waals surface area contributed by atoms with E-state index in [9.17, 15) is 4.39 Å². The second-order valence-electron chi connectivity index (χ2n) is 4.40. The molecule has 0 aliphatic heterocycles. The van der Waals surface area contributed by atoms with E-state index < -0.39 is 0 Å². The fraction of sp³-hybridized carbons (Fsp3) is 0.133. The van der Waals surface area contributed by atoms with Gasteiger partial charge in [-0.1, -0.05) is 5.16 Å². The van der Waals surface area contributed by atoms with Crippen LogP contribution in [-0.4, -0.2) is 21.4 Å². The van der Waals surface area contributed by atoms with Crippen LogP contribution in [0.25, 0.3) is 22.8 Å². The molecule has 3 aromatic rings. The third-order valence-corrected chi connectivity index (χ3v) is 3.56. The highest BCUT2D eigenvalue weighted by Crippen LogP contribution is 2.25. The molecule has 0 atom stereocenters. The number of pyridine rings is 1. The molecule has 4 nitrogen and oxygen atoms in total. The van der Waals surface area contributed by atoms with Gasteiger partial charge in [-0.25, -0.2) is 4.39 Å². The molecule has 0 amide bonds. The van der Waals surface area contributed by atoms with Crippen molar-refractivity contribution >= 4 is 11.8 Å². The van der Waals surface area contributed by atoms with Crippen molar-refractivity contribution < 1.29 is 8.91 Å². The van der Waals surface area contributed by atoms with Crippen molar-refractivity contribution in [3.05, 3.63) is 54.1 Å². The highest BCUT2D eigenvalue weighted by molar-refractivity contribution is 7.97. The van der Waals surface area contributed by atoms with Crippen LogP contribution >= 0.6 is 11.8 Å². The van der Waals surface area contributed by atoms with Crippen LogP contribution in [0.1, 0.15) is 5.56 Å². The third-order valence-electron chi connectivity index (χ3n) is 2.96. The van der Waals surface area contributed by atoms with E-state index in [1.165, 1.54) is 6.07 Å². The number of benzene rings is 1. The number of thioether (sulfide) groups is 1. The molecular weight excluding hydrogens is 289 g/mol. The predicted molar refractivity (Wildman–Crippen MR) is 80.1 cm³/mol. The summed E-state index contributed by atoms with van der Waals surface area (Å²) in [6.45, 7) is 0. The molecule has 0 N–H and O–H groups in total. The first kappa shape index (κ1) is 13.8. The fourth-order valence-corrected chi connectivity index (χ4v) is 2.47. The lowest BCUT2D eigenvalue weighted by atomic mass is 10.1. The number of hydrogen-bond donors (Lipinski definition) is 0. The zero-order chi connectivity index (χ0) is 14.7. The Labute approximate surface area is 125 Å². The topological polar surface area (TPSA) is 51.8 Å². The average Bonchev–Trinajstić information content (AvgIpc) is 3.00. The summed E-state index contributed by atoms with van der Waals surface area (Å²) in [5.74, 6) is 1.25. The second kappa shape index (κ2) is 6.05. The maximum Gasteiger partial charge on any atom is 0.258 e. The minimum Gasteiger partial charge on any atom is -0.334 e. The maximum atomic E-state index is 13.7. The van der Waals surface area contributed by atoms with Crippen molar-refractivity contribution in [3.63, 3.8) is 0 Å². The van der Waals surface area contributed by atoms with Gasteiger partial charge in [0.2, 0.25) is 5.82 Å². The van der Waals surface area contributed by atoms with Gasteiger partial charge in [0.25, 0.3) is 5.89 Å². The average molecular weight is 301 g/mol. The van der Waals surface area contributed by atoms with Crippen LogP contribution in [-0.2, 0) is 5.75 Å². The summed E-state index contributed by atoms with van der Waals surface area (Å²) in [6.07, 6.45) is 5.26. The summed E-state index contributed by atoms with van der Waals surface area (Å²) in [4.78, 5) is 8.29. The van der Waals surface area contributed by atoms with Crippen LogP contribution < -0.4 is 0 Å². The standard InChI is InChI=1S/C15H12FN3OS/c1-21-9-12-8-11(2-3-13(12)16)15-18-14(19-20-15)10-4-6-17-7-5-10/h2-8H,9H2,1H3. The summed E-state index contributed by atoms with van der Waals surface area (Å²) in [7, 11) is 0. The van der Waals surface area contributed by atoms with Crippen molar-refractivity contribution in [2.75, 3.05) is 6.26 Å². The lowest BCUT2D eigenvalue weighted by Crippen LogP contribution is -1.89. The minimum absolute atomic E-state index is 0.220. The van der Waals surface area contributed by atoms with Crippen molar-refractivity contribution in [2.24, 2.45) is 0 Å². The number of rotatable bonds is 4.